The maximum atomic E-state index is 4.93. The Kier molecular flexibility index (Phi) is 19.1. The third-order valence-electron chi connectivity index (χ3n) is 9.06. The number of fused-ring (bicyclic) bond motifs is 2. The fourth-order valence-electron chi connectivity index (χ4n) is 6.41. The van der Waals surface area contributed by atoms with Gasteiger partial charge in [0.05, 0.1) is 0 Å². The summed E-state index contributed by atoms with van der Waals surface area (Å²) in [5, 5.41) is 5.60. The molecule has 0 bridgehead atoms. The van der Waals surface area contributed by atoms with Crippen LogP contribution in [0.3, 0.4) is 0 Å². The molecule has 4 heteroatoms. The van der Waals surface area contributed by atoms with Crippen LogP contribution in [0.4, 0.5) is 0 Å². The number of benzene rings is 4. The van der Waals surface area contributed by atoms with Crippen molar-refractivity contribution in [1.29, 1.82) is 0 Å². The molecule has 0 aromatic heterocycles. The molecular formula is C46H56Cl2SiZr. The standard InChI is InChI=1S/2C22H25.C2H6Si.2ClH.Zr/c2*1-4-5-9-18-12-13-19-14-20(16(2)3)15-21(19)22(18)17-10-7-6-8-11-17;1-3-2;;;/h2*6-8,10-16H,4-5,9H2,1-3H3;1-2H3;2*1H;/q2*-1;;;;+4/p-2. The van der Waals surface area contributed by atoms with Gasteiger partial charge in [-0.3, -0.25) is 0 Å². The van der Waals surface area contributed by atoms with Gasteiger partial charge in [0.2, 0.25) is 0 Å². The minimum absolute atomic E-state index is 0.579. The zero-order valence-electron chi connectivity index (χ0n) is 31.5. The summed E-state index contributed by atoms with van der Waals surface area (Å²) in [6, 6.07) is 40.5. The Balaban J connectivity index is 0.000000234. The number of hydrogen-bond donors (Lipinski definition) is 0. The second-order valence-corrected chi connectivity index (χ2v) is 18.3. The van der Waals surface area contributed by atoms with Crippen molar-refractivity contribution in [2.45, 2.75) is 105 Å². The van der Waals surface area contributed by atoms with Crippen molar-refractivity contribution >= 4 is 48.1 Å². The summed E-state index contributed by atoms with van der Waals surface area (Å²) in [5.74, 6) is 1.16. The molecule has 2 radical (unpaired) electrons. The average molecular weight is 799 g/mol. The molecule has 0 unspecified atom stereocenters. The van der Waals surface area contributed by atoms with Crippen LogP contribution in [0.25, 0.3) is 43.8 Å². The van der Waals surface area contributed by atoms with Crippen LogP contribution in [-0.2, 0) is 33.7 Å². The predicted octanol–water partition coefficient (Wildman–Crippen LogP) is 15.5. The quantitative estimate of drug-likeness (QED) is 0.0956. The van der Waals surface area contributed by atoms with Crippen molar-refractivity contribution in [3.63, 3.8) is 0 Å². The van der Waals surface area contributed by atoms with Gasteiger partial charge >= 0.3 is 37.9 Å². The third-order valence-corrected chi connectivity index (χ3v) is 9.06. The molecule has 6 aromatic rings. The maximum absolute atomic E-state index is 4.93. The van der Waals surface area contributed by atoms with Crippen LogP contribution in [0.15, 0.2) is 109 Å². The van der Waals surface area contributed by atoms with E-state index in [4.69, 9.17) is 17.0 Å². The van der Waals surface area contributed by atoms with Crippen LogP contribution in [0, 0.1) is 0 Å². The molecule has 262 valence electrons. The van der Waals surface area contributed by atoms with Crippen LogP contribution < -0.4 is 0 Å². The van der Waals surface area contributed by atoms with E-state index >= 15 is 0 Å². The molecule has 6 rings (SSSR count). The second kappa shape index (κ2) is 22.7. The van der Waals surface area contributed by atoms with E-state index < -0.39 is 20.8 Å². The van der Waals surface area contributed by atoms with Crippen molar-refractivity contribution in [3.8, 4) is 22.3 Å². The van der Waals surface area contributed by atoms with Crippen LogP contribution in [0.5, 0.6) is 0 Å². The van der Waals surface area contributed by atoms with Crippen LogP contribution in [0.2, 0.25) is 13.1 Å². The number of halogens is 2. The second-order valence-electron chi connectivity index (χ2n) is 13.6. The van der Waals surface area contributed by atoms with Gasteiger partial charge in [-0.2, -0.15) is 12.1 Å². The van der Waals surface area contributed by atoms with Gasteiger partial charge in [-0.1, -0.05) is 150 Å². The Morgan fingerprint density at radius 2 is 0.920 bits per heavy atom. The molecule has 0 aliphatic rings. The normalized spacial score (nSPS) is 10.6. The molecule has 0 N–H and O–H groups in total. The molecule has 0 amide bonds. The molecule has 0 aliphatic heterocycles. The summed E-state index contributed by atoms with van der Waals surface area (Å²) < 4.78 is 0. The molecule has 0 nitrogen and oxygen atoms in total. The monoisotopic (exact) mass is 796 g/mol. The van der Waals surface area contributed by atoms with E-state index in [0.29, 0.717) is 11.8 Å². The zero-order chi connectivity index (χ0) is 36.5. The van der Waals surface area contributed by atoms with Gasteiger partial charge < -0.3 is 0 Å². The molecule has 0 atom stereocenters. The molecule has 0 aliphatic carbocycles. The molecule has 0 heterocycles. The molecular weight excluding hydrogens is 743 g/mol. The Morgan fingerprint density at radius 3 is 1.22 bits per heavy atom. The van der Waals surface area contributed by atoms with Crippen LogP contribution >= 0.6 is 17.0 Å². The van der Waals surface area contributed by atoms with Gasteiger partial charge in [0, 0.05) is 9.52 Å². The fraction of sp³-hybridized carbons (Fsp3) is 0.348. The summed E-state index contributed by atoms with van der Waals surface area (Å²) >= 11 is -0.826. The van der Waals surface area contributed by atoms with E-state index in [0.717, 1.165) is 9.52 Å². The Bertz CT molecular complexity index is 1680. The molecule has 0 saturated carbocycles. The van der Waals surface area contributed by atoms with Gasteiger partial charge in [0.25, 0.3) is 0 Å². The first-order valence-electron chi connectivity index (χ1n) is 18.3. The Hall–Kier alpha value is -2.22. The summed E-state index contributed by atoms with van der Waals surface area (Å²) in [6.07, 6.45) is 7.32. The number of rotatable bonds is 10. The van der Waals surface area contributed by atoms with Gasteiger partial charge in [0.15, 0.2) is 0 Å². The molecule has 0 spiro atoms. The first-order chi connectivity index (χ1) is 24.2. The Morgan fingerprint density at radius 1 is 0.580 bits per heavy atom. The first kappa shape index (κ1) is 42.2. The van der Waals surface area contributed by atoms with Crippen LogP contribution in [-0.4, -0.2) is 9.52 Å². The number of unbranched alkanes of at least 4 members (excludes halogenated alkanes) is 2. The first-order valence-corrected chi connectivity index (χ1v) is 26.7. The zero-order valence-corrected chi connectivity index (χ0v) is 36.5. The van der Waals surface area contributed by atoms with E-state index in [9.17, 15) is 0 Å². The summed E-state index contributed by atoms with van der Waals surface area (Å²) in [4.78, 5) is 0. The van der Waals surface area contributed by atoms with E-state index in [-0.39, 0.29) is 0 Å². The third kappa shape index (κ3) is 11.9. The van der Waals surface area contributed by atoms with E-state index in [1.165, 1.54) is 105 Å². The topological polar surface area (TPSA) is 0 Å². The van der Waals surface area contributed by atoms with Crippen molar-refractivity contribution in [2.75, 3.05) is 0 Å². The van der Waals surface area contributed by atoms with E-state index in [2.05, 4.69) is 164 Å². The van der Waals surface area contributed by atoms with Crippen molar-refractivity contribution in [2.24, 2.45) is 0 Å². The molecule has 0 fully saturated rings. The molecule has 50 heavy (non-hydrogen) atoms. The SMILES string of the molecule is CCCCc1ccc2[cH-]c(C(C)C)cc2c1-c1ccccc1.CCCCc1ccc2[cH-]c(C(C)C)cc2c1-c1ccccc1.C[Si]C.[Cl][Zr+2][Cl]. The van der Waals surface area contributed by atoms with Gasteiger partial charge in [-0.15, -0.1) is 69.1 Å². The van der Waals surface area contributed by atoms with Gasteiger partial charge in [-0.05, 0) is 48.6 Å². The van der Waals surface area contributed by atoms with Gasteiger partial charge in [-0.25, -0.2) is 0 Å². The van der Waals surface area contributed by atoms with Gasteiger partial charge in [0.1, 0.15) is 0 Å². The van der Waals surface area contributed by atoms with Crippen molar-refractivity contribution < 1.29 is 20.8 Å². The van der Waals surface area contributed by atoms with E-state index in [1.54, 1.807) is 0 Å². The fourth-order valence-corrected chi connectivity index (χ4v) is 6.41. The summed E-state index contributed by atoms with van der Waals surface area (Å²) in [5.41, 5.74) is 11.4. The van der Waals surface area contributed by atoms with Crippen LogP contribution in [0.1, 0.15) is 101 Å². The van der Waals surface area contributed by atoms with Crippen molar-refractivity contribution in [1.82, 2.24) is 0 Å². The Labute approximate surface area is 325 Å². The predicted molar refractivity (Wildman–Crippen MR) is 225 cm³/mol. The molecule has 0 saturated heterocycles. The van der Waals surface area contributed by atoms with Crippen molar-refractivity contribution in [3.05, 3.63) is 131 Å². The number of aryl methyl sites for hydroxylation is 2. The minimum atomic E-state index is -0.826. The summed E-state index contributed by atoms with van der Waals surface area (Å²) in [6.45, 7) is 17.9. The number of hydrogen-bond acceptors (Lipinski definition) is 0. The van der Waals surface area contributed by atoms with E-state index in [1.807, 2.05) is 0 Å². The summed E-state index contributed by atoms with van der Waals surface area (Å²) in [7, 11) is 11.0. The average Bonchev–Trinajstić information content (AvgIpc) is 3.77. The molecule has 6 aromatic carbocycles.